The number of anilines is 1. The highest BCUT2D eigenvalue weighted by molar-refractivity contribution is 6.03. The third kappa shape index (κ3) is 3.32. The Morgan fingerprint density at radius 2 is 2.24 bits per heavy atom. The fourth-order valence-corrected chi connectivity index (χ4v) is 1.75. The standard InChI is InChI=1S/C12H13N5O4/c1-2-3-7-4-10(16-15-7)14-12(19)9-5-8(17(20)21)6-13-11(9)18/h4-6H,2-3H2,1H3,(H,13,18)(H2,14,15,16,19). The predicted octanol–water partition coefficient (Wildman–Crippen LogP) is 1.21. The van der Waals surface area contributed by atoms with Gasteiger partial charge in [-0.05, 0) is 6.42 Å². The minimum atomic E-state index is -0.755. The lowest BCUT2D eigenvalue weighted by Crippen LogP contribution is -2.23. The van der Waals surface area contributed by atoms with E-state index in [0.717, 1.165) is 30.8 Å². The highest BCUT2D eigenvalue weighted by Gasteiger charge is 2.17. The summed E-state index contributed by atoms with van der Waals surface area (Å²) in [7, 11) is 0. The number of hydrogen-bond acceptors (Lipinski definition) is 5. The molecule has 9 heteroatoms. The normalized spacial score (nSPS) is 10.3. The van der Waals surface area contributed by atoms with Gasteiger partial charge in [-0.3, -0.25) is 24.8 Å². The van der Waals surface area contributed by atoms with Gasteiger partial charge in [0.2, 0.25) is 0 Å². The van der Waals surface area contributed by atoms with Crippen LogP contribution in [0.4, 0.5) is 11.5 Å². The van der Waals surface area contributed by atoms with Gasteiger partial charge in [0.05, 0.1) is 11.1 Å². The van der Waals surface area contributed by atoms with Gasteiger partial charge in [-0.25, -0.2) is 0 Å². The molecular formula is C12H13N5O4. The van der Waals surface area contributed by atoms with E-state index in [2.05, 4.69) is 20.5 Å². The maximum absolute atomic E-state index is 12.0. The number of H-pyrrole nitrogens is 2. The number of aromatic amines is 2. The summed E-state index contributed by atoms with van der Waals surface area (Å²) in [4.78, 5) is 35.7. The summed E-state index contributed by atoms with van der Waals surface area (Å²) in [6, 6.07) is 2.57. The molecule has 0 saturated carbocycles. The predicted molar refractivity (Wildman–Crippen MR) is 74.3 cm³/mol. The van der Waals surface area contributed by atoms with Crippen LogP contribution >= 0.6 is 0 Å². The molecule has 0 aliphatic carbocycles. The van der Waals surface area contributed by atoms with Crippen LogP contribution in [0.25, 0.3) is 0 Å². The van der Waals surface area contributed by atoms with Gasteiger partial charge < -0.3 is 10.3 Å². The van der Waals surface area contributed by atoms with E-state index in [9.17, 15) is 19.7 Å². The van der Waals surface area contributed by atoms with Gasteiger partial charge in [-0.2, -0.15) is 5.10 Å². The van der Waals surface area contributed by atoms with E-state index in [1.807, 2.05) is 6.92 Å². The van der Waals surface area contributed by atoms with Crippen LogP contribution in [0.5, 0.6) is 0 Å². The first kappa shape index (κ1) is 14.4. The SMILES string of the molecule is CCCc1cc(NC(=O)c2cc([N+](=O)[O-])c[nH]c2=O)n[nH]1. The van der Waals surface area contributed by atoms with Gasteiger partial charge in [-0.15, -0.1) is 0 Å². The highest BCUT2D eigenvalue weighted by atomic mass is 16.6. The molecule has 3 N–H and O–H groups in total. The third-order valence-electron chi connectivity index (χ3n) is 2.74. The first-order valence-electron chi connectivity index (χ1n) is 6.24. The molecular weight excluding hydrogens is 278 g/mol. The zero-order chi connectivity index (χ0) is 15.4. The average molecular weight is 291 g/mol. The molecule has 2 rings (SSSR count). The minimum Gasteiger partial charge on any atom is -0.322 e. The molecule has 110 valence electrons. The van der Waals surface area contributed by atoms with Crippen molar-refractivity contribution in [2.24, 2.45) is 0 Å². The summed E-state index contributed by atoms with van der Waals surface area (Å²) in [5.41, 5.74) is -0.569. The maximum atomic E-state index is 12.0. The van der Waals surface area contributed by atoms with Crippen LogP contribution in [0.1, 0.15) is 29.4 Å². The first-order valence-corrected chi connectivity index (χ1v) is 6.24. The Labute approximate surface area is 118 Å². The largest absolute Gasteiger partial charge is 0.322 e. The zero-order valence-corrected chi connectivity index (χ0v) is 11.2. The monoisotopic (exact) mass is 291 g/mol. The van der Waals surface area contributed by atoms with E-state index in [4.69, 9.17) is 0 Å². The lowest BCUT2D eigenvalue weighted by Gasteiger charge is -2.00. The molecule has 21 heavy (non-hydrogen) atoms. The summed E-state index contributed by atoms with van der Waals surface area (Å²) in [6.45, 7) is 2.00. The Balaban J connectivity index is 2.21. The van der Waals surface area contributed by atoms with Crippen molar-refractivity contribution in [1.29, 1.82) is 0 Å². The van der Waals surface area contributed by atoms with Crippen molar-refractivity contribution in [2.45, 2.75) is 19.8 Å². The Bertz CT molecular complexity index is 733. The number of amides is 1. The molecule has 2 heterocycles. The van der Waals surface area contributed by atoms with Crippen molar-refractivity contribution in [1.82, 2.24) is 15.2 Å². The molecule has 0 aromatic carbocycles. The van der Waals surface area contributed by atoms with Gasteiger partial charge >= 0.3 is 0 Å². The number of aromatic nitrogens is 3. The number of hydrogen-bond donors (Lipinski definition) is 3. The van der Waals surface area contributed by atoms with E-state index in [1.165, 1.54) is 0 Å². The van der Waals surface area contributed by atoms with Crippen LogP contribution in [0.15, 0.2) is 23.1 Å². The van der Waals surface area contributed by atoms with Crippen LogP contribution in [0.3, 0.4) is 0 Å². The molecule has 1 amide bonds. The van der Waals surface area contributed by atoms with Crippen LogP contribution in [-0.4, -0.2) is 26.0 Å². The maximum Gasteiger partial charge on any atom is 0.286 e. The second kappa shape index (κ2) is 5.99. The molecule has 0 atom stereocenters. The minimum absolute atomic E-state index is 0.259. The average Bonchev–Trinajstić information content (AvgIpc) is 2.86. The summed E-state index contributed by atoms with van der Waals surface area (Å²) < 4.78 is 0. The van der Waals surface area contributed by atoms with Crippen molar-refractivity contribution >= 4 is 17.4 Å². The molecule has 0 aliphatic rings. The smallest absolute Gasteiger partial charge is 0.286 e. The van der Waals surface area contributed by atoms with E-state index in [1.54, 1.807) is 6.07 Å². The molecule has 9 nitrogen and oxygen atoms in total. The summed E-state index contributed by atoms with van der Waals surface area (Å²) in [5, 5.41) is 19.7. The molecule has 0 fully saturated rings. The third-order valence-corrected chi connectivity index (χ3v) is 2.74. The Hall–Kier alpha value is -2.97. The van der Waals surface area contributed by atoms with Crippen LogP contribution in [-0.2, 0) is 6.42 Å². The summed E-state index contributed by atoms with van der Waals surface area (Å²) in [6.07, 6.45) is 2.63. The van der Waals surface area contributed by atoms with Gasteiger partial charge in [0.15, 0.2) is 5.82 Å². The highest BCUT2D eigenvalue weighted by Crippen LogP contribution is 2.11. The summed E-state index contributed by atoms with van der Waals surface area (Å²) >= 11 is 0. The number of carbonyl (C=O) groups is 1. The number of nitrogens with one attached hydrogen (secondary N) is 3. The molecule has 2 aromatic rings. The van der Waals surface area contributed by atoms with Gasteiger partial charge in [0.25, 0.3) is 17.2 Å². The molecule has 2 aromatic heterocycles. The number of pyridine rings is 1. The van der Waals surface area contributed by atoms with Crippen molar-refractivity contribution in [2.75, 3.05) is 5.32 Å². The molecule has 0 spiro atoms. The van der Waals surface area contributed by atoms with Gasteiger partial charge in [0, 0.05) is 17.8 Å². The summed E-state index contributed by atoms with van der Waals surface area (Å²) in [5.74, 6) is -0.496. The van der Waals surface area contributed by atoms with Crippen molar-refractivity contribution in [3.8, 4) is 0 Å². The fourth-order valence-electron chi connectivity index (χ4n) is 1.75. The van der Waals surface area contributed by atoms with E-state index in [-0.39, 0.29) is 17.1 Å². The number of nitro groups is 1. The Kier molecular flexibility index (Phi) is 4.12. The number of nitrogens with zero attached hydrogens (tertiary/aromatic N) is 2. The second-order valence-corrected chi connectivity index (χ2v) is 4.34. The number of rotatable bonds is 5. The lowest BCUT2D eigenvalue weighted by molar-refractivity contribution is -0.385. The van der Waals surface area contributed by atoms with Gasteiger partial charge in [0.1, 0.15) is 5.56 Å². The number of aryl methyl sites for hydroxylation is 1. The molecule has 0 bridgehead atoms. The van der Waals surface area contributed by atoms with Gasteiger partial charge in [-0.1, -0.05) is 13.3 Å². The molecule has 0 unspecified atom stereocenters. The van der Waals surface area contributed by atoms with E-state index >= 15 is 0 Å². The first-order chi connectivity index (χ1) is 10.0. The van der Waals surface area contributed by atoms with Crippen molar-refractivity contribution in [3.05, 3.63) is 50.1 Å². The van der Waals surface area contributed by atoms with Crippen molar-refractivity contribution in [3.63, 3.8) is 0 Å². The Morgan fingerprint density at radius 3 is 2.90 bits per heavy atom. The molecule has 0 radical (unpaired) electrons. The van der Waals surface area contributed by atoms with Crippen molar-refractivity contribution < 1.29 is 9.72 Å². The fraction of sp³-hybridized carbons (Fsp3) is 0.250. The number of carbonyl (C=O) groups excluding carboxylic acids is 1. The van der Waals surface area contributed by atoms with E-state index in [0.29, 0.717) is 0 Å². The quantitative estimate of drug-likeness (QED) is 0.562. The topological polar surface area (TPSA) is 134 Å². The van der Waals surface area contributed by atoms with Crippen LogP contribution in [0.2, 0.25) is 0 Å². The lowest BCUT2D eigenvalue weighted by atomic mass is 10.2. The molecule has 0 aliphatic heterocycles. The van der Waals surface area contributed by atoms with Crippen LogP contribution < -0.4 is 10.9 Å². The zero-order valence-electron chi connectivity index (χ0n) is 11.2. The Morgan fingerprint density at radius 1 is 1.48 bits per heavy atom. The van der Waals surface area contributed by atoms with E-state index < -0.39 is 16.4 Å². The van der Waals surface area contributed by atoms with Crippen LogP contribution in [0, 0.1) is 10.1 Å². The molecule has 0 saturated heterocycles. The second-order valence-electron chi connectivity index (χ2n) is 4.34.